The number of anilines is 1. The summed E-state index contributed by atoms with van der Waals surface area (Å²) in [4.78, 5) is 31.2. The Bertz CT molecular complexity index is 608. The molecule has 0 aromatic carbocycles. The summed E-state index contributed by atoms with van der Waals surface area (Å²) in [6.07, 6.45) is 6.99. The van der Waals surface area contributed by atoms with Crippen LogP contribution in [0.1, 0.15) is 44.1 Å². The van der Waals surface area contributed by atoms with Crippen molar-refractivity contribution < 1.29 is 9.59 Å². The van der Waals surface area contributed by atoms with Gasteiger partial charge in [0.05, 0.1) is 0 Å². The topological polar surface area (TPSA) is 88.3 Å². The largest absolute Gasteiger partial charge is 0.342 e. The maximum atomic E-state index is 12.7. The normalized spacial score (nSPS) is 24.8. The molecule has 136 valence electrons. The van der Waals surface area contributed by atoms with Crippen LogP contribution in [0.3, 0.4) is 0 Å². The van der Waals surface area contributed by atoms with E-state index in [9.17, 15) is 9.59 Å². The van der Waals surface area contributed by atoms with Crippen molar-refractivity contribution in [2.24, 2.45) is 17.6 Å². The number of hydrogen-bond acceptors (Lipinski definition) is 4. The minimum absolute atomic E-state index is 0.00291. The van der Waals surface area contributed by atoms with Crippen molar-refractivity contribution in [3.8, 4) is 0 Å². The summed E-state index contributed by atoms with van der Waals surface area (Å²) in [7, 11) is 0. The van der Waals surface area contributed by atoms with Crippen LogP contribution in [0.25, 0.3) is 0 Å². The molecule has 2 amide bonds. The van der Waals surface area contributed by atoms with E-state index in [0.717, 1.165) is 31.2 Å². The number of carbonyl (C=O) groups is 2. The van der Waals surface area contributed by atoms with Crippen molar-refractivity contribution in [3.05, 3.63) is 23.9 Å². The quantitative estimate of drug-likeness (QED) is 0.879. The smallest absolute Gasteiger partial charge is 0.228 e. The SMILES string of the molecule is Cc1ccc(NC(=O)C2CCN(C(=O)C3CCCC(N)C3)CC2)nc1. The molecule has 3 rings (SSSR count). The zero-order valence-electron chi connectivity index (χ0n) is 14.9. The van der Waals surface area contributed by atoms with Crippen LogP contribution in [-0.2, 0) is 9.59 Å². The lowest BCUT2D eigenvalue weighted by Gasteiger charge is -2.35. The van der Waals surface area contributed by atoms with E-state index in [1.165, 1.54) is 0 Å². The first-order valence-corrected chi connectivity index (χ1v) is 9.31. The van der Waals surface area contributed by atoms with Crippen molar-refractivity contribution in [3.63, 3.8) is 0 Å². The van der Waals surface area contributed by atoms with Gasteiger partial charge in [-0.15, -0.1) is 0 Å². The average molecular weight is 344 g/mol. The van der Waals surface area contributed by atoms with Crippen molar-refractivity contribution in [1.82, 2.24) is 9.88 Å². The number of nitrogens with one attached hydrogen (secondary N) is 1. The second kappa shape index (κ2) is 7.95. The molecule has 2 unspecified atom stereocenters. The zero-order chi connectivity index (χ0) is 17.8. The Labute approximate surface area is 149 Å². The third-order valence-electron chi connectivity index (χ3n) is 5.40. The van der Waals surface area contributed by atoms with E-state index in [1.807, 2.05) is 24.0 Å². The van der Waals surface area contributed by atoms with Gasteiger partial charge >= 0.3 is 0 Å². The Morgan fingerprint density at radius 1 is 1.16 bits per heavy atom. The highest BCUT2D eigenvalue weighted by atomic mass is 16.2. The number of piperidine rings is 1. The molecule has 25 heavy (non-hydrogen) atoms. The first kappa shape index (κ1) is 17.9. The van der Waals surface area contributed by atoms with Crippen LogP contribution in [0, 0.1) is 18.8 Å². The standard InChI is InChI=1S/C19H28N4O2/c1-13-5-6-17(21-12-13)22-18(24)14-7-9-23(10-8-14)19(25)15-3-2-4-16(20)11-15/h5-6,12,14-16H,2-4,7-11,20H2,1H3,(H,21,22,24). The highest BCUT2D eigenvalue weighted by Crippen LogP contribution is 2.27. The van der Waals surface area contributed by atoms with Gasteiger partial charge in [0.25, 0.3) is 0 Å². The van der Waals surface area contributed by atoms with E-state index in [1.54, 1.807) is 6.20 Å². The Morgan fingerprint density at radius 2 is 1.92 bits per heavy atom. The average Bonchev–Trinajstić information content (AvgIpc) is 2.63. The van der Waals surface area contributed by atoms with Gasteiger partial charge in [-0.3, -0.25) is 9.59 Å². The molecule has 2 heterocycles. The fourth-order valence-electron chi connectivity index (χ4n) is 3.84. The molecule has 1 aliphatic carbocycles. The summed E-state index contributed by atoms with van der Waals surface area (Å²) in [5.41, 5.74) is 7.07. The van der Waals surface area contributed by atoms with Crippen LogP contribution in [-0.4, -0.2) is 40.8 Å². The van der Waals surface area contributed by atoms with Gasteiger partial charge in [-0.2, -0.15) is 0 Å². The maximum absolute atomic E-state index is 12.7. The third-order valence-corrected chi connectivity index (χ3v) is 5.40. The number of pyridine rings is 1. The molecule has 1 saturated carbocycles. The molecular formula is C19H28N4O2. The monoisotopic (exact) mass is 344 g/mol. The second-order valence-electron chi connectivity index (χ2n) is 7.43. The Hall–Kier alpha value is -1.95. The summed E-state index contributed by atoms with van der Waals surface area (Å²) in [5.74, 6) is 0.842. The number of carbonyl (C=O) groups excluding carboxylic acids is 2. The molecule has 6 heteroatoms. The number of nitrogens with zero attached hydrogens (tertiary/aromatic N) is 2. The Balaban J connectivity index is 1.48. The zero-order valence-corrected chi connectivity index (χ0v) is 14.9. The predicted molar refractivity (Wildman–Crippen MR) is 96.8 cm³/mol. The van der Waals surface area contributed by atoms with Gasteiger partial charge in [-0.05, 0) is 50.7 Å². The van der Waals surface area contributed by atoms with Crippen molar-refractivity contribution >= 4 is 17.6 Å². The molecule has 0 radical (unpaired) electrons. The summed E-state index contributed by atoms with van der Waals surface area (Å²) >= 11 is 0. The minimum Gasteiger partial charge on any atom is -0.342 e. The lowest BCUT2D eigenvalue weighted by Crippen LogP contribution is -2.45. The summed E-state index contributed by atoms with van der Waals surface area (Å²) in [6, 6.07) is 3.91. The van der Waals surface area contributed by atoms with Crippen molar-refractivity contribution in [1.29, 1.82) is 0 Å². The highest BCUT2D eigenvalue weighted by molar-refractivity contribution is 5.92. The van der Waals surface area contributed by atoms with Crippen molar-refractivity contribution in [2.45, 2.75) is 51.5 Å². The molecule has 2 atom stereocenters. The first-order chi connectivity index (χ1) is 12.0. The number of likely N-dealkylation sites (tertiary alicyclic amines) is 1. The molecule has 3 N–H and O–H groups in total. The molecule has 0 spiro atoms. The van der Waals surface area contributed by atoms with Gasteiger partial charge in [0, 0.05) is 37.2 Å². The van der Waals surface area contributed by atoms with Crippen LogP contribution >= 0.6 is 0 Å². The van der Waals surface area contributed by atoms with E-state index in [4.69, 9.17) is 5.73 Å². The fraction of sp³-hybridized carbons (Fsp3) is 0.632. The van der Waals surface area contributed by atoms with E-state index in [0.29, 0.717) is 31.7 Å². The van der Waals surface area contributed by atoms with Gasteiger partial charge in [0.1, 0.15) is 5.82 Å². The molecule has 1 saturated heterocycles. The number of rotatable bonds is 3. The maximum Gasteiger partial charge on any atom is 0.228 e. The molecule has 6 nitrogen and oxygen atoms in total. The highest BCUT2D eigenvalue weighted by Gasteiger charge is 2.32. The van der Waals surface area contributed by atoms with Crippen LogP contribution in [0.15, 0.2) is 18.3 Å². The number of hydrogen-bond donors (Lipinski definition) is 2. The molecule has 1 aromatic rings. The molecule has 2 fully saturated rings. The molecule has 1 aliphatic heterocycles. The third kappa shape index (κ3) is 4.57. The Morgan fingerprint density at radius 3 is 2.56 bits per heavy atom. The first-order valence-electron chi connectivity index (χ1n) is 9.31. The molecule has 1 aromatic heterocycles. The van der Waals surface area contributed by atoms with Crippen LogP contribution in [0.5, 0.6) is 0 Å². The van der Waals surface area contributed by atoms with E-state index in [2.05, 4.69) is 10.3 Å². The van der Waals surface area contributed by atoms with Crippen molar-refractivity contribution in [2.75, 3.05) is 18.4 Å². The molecule has 0 bridgehead atoms. The fourth-order valence-corrected chi connectivity index (χ4v) is 3.84. The van der Waals surface area contributed by atoms with Crippen LogP contribution in [0.2, 0.25) is 0 Å². The van der Waals surface area contributed by atoms with E-state index < -0.39 is 0 Å². The van der Waals surface area contributed by atoms with Gasteiger partial charge in [-0.1, -0.05) is 12.5 Å². The number of nitrogens with two attached hydrogens (primary N) is 1. The summed E-state index contributed by atoms with van der Waals surface area (Å²) in [6.45, 7) is 3.28. The van der Waals surface area contributed by atoms with Gasteiger partial charge in [-0.25, -0.2) is 4.98 Å². The predicted octanol–water partition coefficient (Wildman–Crippen LogP) is 2.08. The van der Waals surface area contributed by atoms with Gasteiger partial charge in [0.2, 0.25) is 11.8 Å². The second-order valence-corrected chi connectivity index (χ2v) is 7.43. The number of aromatic nitrogens is 1. The summed E-state index contributed by atoms with van der Waals surface area (Å²) < 4.78 is 0. The van der Waals surface area contributed by atoms with Gasteiger partial charge in [0.15, 0.2) is 0 Å². The molecule has 2 aliphatic rings. The number of aryl methyl sites for hydroxylation is 1. The van der Waals surface area contributed by atoms with E-state index >= 15 is 0 Å². The number of amides is 2. The minimum atomic E-state index is -0.0548. The van der Waals surface area contributed by atoms with Crippen LogP contribution < -0.4 is 11.1 Å². The van der Waals surface area contributed by atoms with E-state index in [-0.39, 0.29) is 29.7 Å². The lowest BCUT2D eigenvalue weighted by molar-refractivity contribution is -0.139. The van der Waals surface area contributed by atoms with Crippen LogP contribution in [0.4, 0.5) is 5.82 Å². The lowest BCUT2D eigenvalue weighted by atomic mass is 9.84. The Kier molecular flexibility index (Phi) is 5.68. The summed E-state index contributed by atoms with van der Waals surface area (Å²) in [5, 5.41) is 2.88. The van der Waals surface area contributed by atoms with Gasteiger partial charge < -0.3 is 16.0 Å². The molecular weight excluding hydrogens is 316 g/mol.